The van der Waals surface area contributed by atoms with Crippen LogP contribution in [0.5, 0.6) is 0 Å². The molecule has 0 aliphatic rings. The second kappa shape index (κ2) is 8.53. The minimum absolute atomic E-state index is 0.335. The summed E-state index contributed by atoms with van der Waals surface area (Å²) in [5.74, 6) is -1.37. The molecule has 0 aliphatic heterocycles. The molecule has 0 saturated heterocycles. The average Bonchev–Trinajstić information content (AvgIpc) is 2.44. The summed E-state index contributed by atoms with van der Waals surface area (Å²) in [6.07, 6.45) is -0.698. The highest BCUT2D eigenvalue weighted by Gasteiger charge is 2.28. The van der Waals surface area contributed by atoms with Crippen molar-refractivity contribution in [1.29, 1.82) is 0 Å². The summed E-state index contributed by atoms with van der Waals surface area (Å²) < 4.78 is 5.11. The first kappa shape index (κ1) is 19.0. The molecule has 0 unspecified atom stereocenters. The van der Waals surface area contributed by atoms with Crippen molar-refractivity contribution in [2.24, 2.45) is 0 Å². The molecule has 6 heteroatoms. The van der Waals surface area contributed by atoms with Gasteiger partial charge in [0, 0.05) is 0 Å². The van der Waals surface area contributed by atoms with Crippen molar-refractivity contribution in [1.82, 2.24) is 5.32 Å². The predicted octanol–water partition coefficient (Wildman–Crippen LogP) is 2.35. The van der Waals surface area contributed by atoms with E-state index in [0.717, 1.165) is 12.0 Å². The molecule has 3 N–H and O–H groups in total. The number of hydrogen-bond donors (Lipinski definition) is 3. The maximum Gasteiger partial charge on any atom is 0.407 e. The molecule has 0 saturated carbocycles. The summed E-state index contributed by atoms with van der Waals surface area (Å²) in [4.78, 5) is 22.8. The Hall–Kier alpha value is -2.08. The Morgan fingerprint density at radius 1 is 1.22 bits per heavy atom. The molecule has 0 spiro atoms. The number of ether oxygens (including phenoxy) is 1. The Balaban J connectivity index is 2.58. The Labute approximate surface area is 136 Å². The lowest BCUT2D eigenvalue weighted by atomic mass is 10.0. The zero-order valence-electron chi connectivity index (χ0n) is 13.8. The molecule has 2 atom stereocenters. The third-order valence-corrected chi connectivity index (χ3v) is 3.16. The molecule has 0 aliphatic carbocycles. The molecule has 0 radical (unpaired) electrons. The van der Waals surface area contributed by atoms with Crippen molar-refractivity contribution in [2.75, 3.05) is 0 Å². The standard InChI is InChI=1S/C17H25NO5/c1-17(2,3)23-16(22)18-13(14(19)15(20)21)11-7-10-12-8-5-4-6-9-12/h4-6,8-9,13-14,19H,7,10-11H2,1-3H3,(H,18,22)(H,20,21)/t13-,14+/m1/s1. The number of nitrogens with one attached hydrogen (secondary N) is 1. The second-order valence-corrected chi connectivity index (χ2v) is 6.41. The fourth-order valence-corrected chi connectivity index (χ4v) is 2.11. The topological polar surface area (TPSA) is 95.9 Å². The van der Waals surface area contributed by atoms with Gasteiger partial charge in [-0.2, -0.15) is 0 Å². The minimum Gasteiger partial charge on any atom is -0.479 e. The average molecular weight is 323 g/mol. The first-order valence-corrected chi connectivity index (χ1v) is 7.63. The van der Waals surface area contributed by atoms with Gasteiger partial charge in [0.1, 0.15) is 5.60 Å². The number of aliphatic hydroxyl groups excluding tert-OH is 1. The van der Waals surface area contributed by atoms with Crippen LogP contribution in [-0.2, 0) is 16.0 Å². The van der Waals surface area contributed by atoms with Crippen LogP contribution in [0.1, 0.15) is 39.2 Å². The number of alkyl carbamates (subject to hydrolysis) is 1. The van der Waals surface area contributed by atoms with E-state index in [1.807, 2.05) is 30.3 Å². The largest absolute Gasteiger partial charge is 0.479 e. The van der Waals surface area contributed by atoms with Crippen LogP contribution in [0.15, 0.2) is 30.3 Å². The lowest BCUT2D eigenvalue weighted by molar-refractivity contribution is -0.148. The van der Waals surface area contributed by atoms with E-state index >= 15 is 0 Å². The maximum atomic E-state index is 11.8. The van der Waals surface area contributed by atoms with Gasteiger partial charge >= 0.3 is 12.1 Å². The summed E-state index contributed by atoms with van der Waals surface area (Å²) in [6.45, 7) is 5.14. The second-order valence-electron chi connectivity index (χ2n) is 6.41. The number of aryl methyl sites for hydroxylation is 1. The number of carboxylic acid groups (broad SMARTS) is 1. The number of amides is 1. The predicted molar refractivity (Wildman–Crippen MR) is 86.2 cm³/mol. The molecular formula is C17H25NO5. The van der Waals surface area contributed by atoms with Crippen molar-refractivity contribution < 1.29 is 24.5 Å². The molecule has 128 valence electrons. The first-order valence-electron chi connectivity index (χ1n) is 7.63. The third kappa shape index (κ3) is 7.65. The van der Waals surface area contributed by atoms with Crippen LogP contribution in [0.25, 0.3) is 0 Å². The molecule has 0 bridgehead atoms. The van der Waals surface area contributed by atoms with Gasteiger partial charge in [0.25, 0.3) is 0 Å². The number of hydrogen-bond acceptors (Lipinski definition) is 4. The van der Waals surface area contributed by atoms with E-state index in [9.17, 15) is 14.7 Å². The van der Waals surface area contributed by atoms with Crippen molar-refractivity contribution >= 4 is 12.1 Å². The summed E-state index contributed by atoms with van der Waals surface area (Å²) in [5.41, 5.74) is 0.431. The van der Waals surface area contributed by atoms with Crippen LogP contribution < -0.4 is 5.32 Å². The molecule has 0 aromatic heterocycles. The van der Waals surface area contributed by atoms with E-state index in [1.54, 1.807) is 20.8 Å². The Morgan fingerprint density at radius 3 is 2.35 bits per heavy atom. The van der Waals surface area contributed by atoms with E-state index in [-0.39, 0.29) is 0 Å². The number of carboxylic acids is 1. The van der Waals surface area contributed by atoms with Gasteiger partial charge in [-0.05, 0) is 45.6 Å². The van der Waals surface area contributed by atoms with Crippen molar-refractivity contribution in [3.05, 3.63) is 35.9 Å². The lowest BCUT2D eigenvalue weighted by Gasteiger charge is -2.25. The van der Waals surface area contributed by atoms with Crippen molar-refractivity contribution in [2.45, 2.75) is 57.8 Å². The summed E-state index contributed by atoms with van der Waals surface area (Å²) in [7, 11) is 0. The van der Waals surface area contributed by atoms with E-state index < -0.39 is 29.8 Å². The van der Waals surface area contributed by atoms with Crippen LogP contribution >= 0.6 is 0 Å². The van der Waals surface area contributed by atoms with Gasteiger partial charge < -0.3 is 20.3 Å². The fraction of sp³-hybridized carbons (Fsp3) is 0.529. The van der Waals surface area contributed by atoms with Gasteiger partial charge in [-0.3, -0.25) is 0 Å². The van der Waals surface area contributed by atoms with Crippen molar-refractivity contribution in [3.63, 3.8) is 0 Å². The van der Waals surface area contributed by atoms with Crippen molar-refractivity contribution in [3.8, 4) is 0 Å². The van der Waals surface area contributed by atoms with Gasteiger partial charge in [0.2, 0.25) is 0 Å². The summed E-state index contributed by atoms with van der Waals surface area (Å²) in [5, 5.41) is 21.2. The number of carbonyl (C=O) groups is 2. The highest BCUT2D eigenvalue weighted by atomic mass is 16.6. The molecule has 1 amide bonds. The van der Waals surface area contributed by atoms with E-state index in [2.05, 4.69) is 5.32 Å². The Kier molecular flexibility index (Phi) is 7.03. The number of rotatable bonds is 7. The number of aliphatic hydroxyl groups is 1. The highest BCUT2D eigenvalue weighted by molar-refractivity contribution is 5.75. The van der Waals surface area contributed by atoms with Gasteiger partial charge in [-0.25, -0.2) is 9.59 Å². The smallest absolute Gasteiger partial charge is 0.407 e. The van der Waals surface area contributed by atoms with Crippen LogP contribution in [0.3, 0.4) is 0 Å². The van der Waals surface area contributed by atoms with Crippen LogP contribution in [0, 0.1) is 0 Å². The van der Waals surface area contributed by atoms with Gasteiger partial charge in [0.15, 0.2) is 6.10 Å². The lowest BCUT2D eigenvalue weighted by Crippen LogP contribution is -2.48. The number of aliphatic carboxylic acids is 1. The molecule has 1 aromatic carbocycles. The molecule has 0 heterocycles. The van der Waals surface area contributed by atoms with Gasteiger partial charge in [-0.1, -0.05) is 30.3 Å². The highest BCUT2D eigenvalue weighted by Crippen LogP contribution is 2.11. The molecular weight excluding hydrogens is 298 g/mol. The summed E-state index contributed by atoms with van der Waals surface area (Å²) in [6, 6.07) is 8.83. The monoisotopic (exact) mass is 323 g/mol. The van der Waals surface area contributed by atoms with E-state index in [4.69, 9.17) is 9.84 Å². The number of carbonyl (C=O) groups excluding carboxylic acids is 1. The Morgan fingerprint density at radius 2 is 1.83 bits per heavy atom. The SMILES string of the molecule is CC(C)(C)OC(=O)N[C@H](CCCc1ccccc1)[C@H](O)C(=O)O. The van der Waals surface area contributed by atoms with E-state index in [0.29, 0.717) is 12.8 Å². The van der Waals surface area contributed by atoms with Crippen LogP contribution in [-0.4, -0.2) is 40.0 Å². The molecule has 1 aromatic rings. The van der Waals surface area contributed by atoms with Crippen LogP contribution in [0.4, 0.5) is 4.79 Å². The van der Waals surface area contributed by atoms with Crippen LogP contribution in [0.2, 0.25) is 0 Å². The zero-order chi connectivity index (χ0) is 17.5. The molecule has 6 nitrogen and oxygen atoms in total. The van der Waals surface area contributed by atoms with Gasteiger partial charge in [0.05, 0.1) is 6.04 Å². The van der Waals surface area contributed by atoms with Gasteiger partial charge in [-0.15, -0.1) is 0 Å². The fourth-order valence-electron chi connectivity index (χ4n) is 2.11. The normalized spacial score (nSPS) is 13.9. The minimum atomic E-state index is -1.67. The first-order chi connectivity index (χ1) is 10.7. The molecule has 0 fully saturated rings. The number of benzene rings is 1. The Bertz CT molecular complexity index is 509. The third-order valence-electron chi connectivity index (χ3n) is 3.16. The maximum absolute atomic E-state index is 11.8. The quantitative estimate of drug-likeness (QED) is 0.716. The molecule has 1 rings (SSSR count). The summed E-state index contributed by atoms with van der Waals surface area (Å²) >= 11 is 0. The zero-order valence-corrected chi connectivity index (χ0v) is 13.8. The van der Waals surface area contributed by atoms with E-state index in [1.165, 1.54) is 0 Å². The molecule has 23 heavy (non-hydrogen) atoms.